The third kappa shape index (κ3) is 2.83. The summed E-state index contributed by atoms with van der Waals surface area (Å²) < 4.78 is 0. The number of rotatable bonds is 4. The quantitative estimate of drug-likeness (QED) is 0.766. The van der Waals surface area contributed by atoms with E-state index >= 15 is 0 Å². The minimum atomic E-state index is 0.723. The van der Waals surface area contributed by atoms with Gasteiger partial charge >= 0.3 is 0 Å². The van der Waals surface area contributed by atoms with Crippen molar-refractivity contribution in [1.82, 2.24) is 4.98 Å². The molecule has 92 valence electrons. The molecule has 1 aromatic heterocycles. The molecule has 0 aliphatic heterocycles. The molecular formula is C16H17NO. The summed E-state index contributed by atoms with van der Waals surface area (Å²) in [7, 11) is 0. The monoisotopic (exact) mass is 239 g/mol. The first-order valence-corrected chi connectivity index (χ1v) is 6.21. The van der Waals surface area contributed by atoms with Crippen molar-refractivity contribution in [3.8, 4) is 0 Å². The third-order valence-electron chi connectivity index (χ3n) is 3.18. The van der Waals surface area contributed by atoms with E-state index in [0.717, 1.165) is 35.9 Å². The first kappa shape index (κ1) is 12.5. The molecule has 0 bridgehead atoms. The summed E-state index contributed by atoms with van der Waals surface area (Å²) >= 11 is 0. The van der Waals surface area contributed by atoms with Crippen molar-refractivity contribution < 1.29 is 4.79 Å². The summed E-state index contributed by atoms with van der Waals surface area (Å²) in [5, 5.41) is 0. The SMILES string of the molecule is CCc1ccc(Cc2cc(C=O)ccc2C)nc1. The summed E-state index contributed by atoms with van der Waals surface area (Å²) in [6.45, 7) is 4.18. The van der Waals surface area contributed by atoms with Crippen LogP contribution in [0.4, 0.5) is 0 Å². The molecule has 0 amide bonds. The second-order valence-electron chi connectivity index (χ2n) is 4.49. The minimum absolute atomic E-state index is 0.723. The fraction of sp³-hybridized carbons (Fsp3) is 0.250. The van der Waals surface area contributed by atoms with Crippen LogP contribution in [0.2, 0.25) is 0 Å². The lowest BCUT2D eigenvalue weighted by Crippen LogP contribution is -1.97. The van der Waals surface area contributed by atoms with Crippen LogP contribution in [0.1, 0.15) is 39.7 Å². The number of nitrogens with zero attached hydrogens (tertiary/aromatic N) is 1. The molecule has 0 saturated heterocycles. The Balaban J connectivity index is 2.24. The zero-order valence-corrected chi connectivity index (χ0v) is 10.8. The zero-order chi connectivity index (χ0) is 13.0. The molecule has 0 fully saturated rings. The van der Waals surface area contributed by atoms with Gasteiger partial charge in [0.1, 0.15) is 6.29 Å². The third-order valence-corrected chi connectivity index (χ3v) is 3.18. The number of carbonyl (C=O) groups is 1. The molecule has 0 aliphatic rings. The second-order valence-corrected chi connectivity index (χ2v) is 4.49. The lowest BCUT2D eigenvalue weighted by molar-refractivity contribution is 0.112. The van der Waals surface area contributed by atoms with E-state index in [2.05, 4.69) is 31.0 Å². The average Bonchev–Trinajstić information content (AvgIpc) is 2.42. The van der Waals surface area contributed by atoms with E-state index in [0.29, 0.717) is 0 Å². The maximum Gasteiger partial charge on any atom is 0.150 e. The van der Waals surface area contributed by atoms with Crippen LogP contribution in [0.5, 0.6) is 0 Å². The number of aryl methyl sites for hydroxylation is 2. The van der Waals surface area contributed by atoms with Gasteiger partial charge in [0.25, 0.3) is 0 Å². The molecule has 0 saturated carbocycles. The highest BCUT2D eigenvalue weighted by Gasteiger charge is 2.03. The number of carbonyl (C=O) groups excluding carboxylic acids is 1. The largest absolute Gasteiger partial charge is 0.298 e. The predicted octanol–water partition coefficient (Wildman–Crippen LogP) is 3.36. The Hall–Kier alpha value is -1.96. The van der Waals surface area contributed by atoms with Gasteiger partial charge in [0.2, 0.25) is 0 Å². The van der Waals surface area contributed by atoms with Gasteiger partial charge in [-0.05, 0) is 42.2 Å². The lowest BCUT2D eigenvalue weighted by Gasteiger charge is -2.07. The van der Waals surface area contributed by atoms with E-state index in [1.54, 1.807) is 0 Å². The lowest BCUT2D eigenvalue weighted by atomic mass is 10.0. The fourth-order valence-electron chi connectivity index (χ4n) is 1.92. The van der Waals surface area contributed by atoms with Crippen LogP contribution in [0, 0.1) is 6.92 Å². The number of aldehydes is 1. The number of pyridine rings is 1. The molecule has 2 nitrogen and oxygen atoms in total. The Bertz CT molecular complexity index is 544. The molecule has 0 atom stereocenters. The molecule has 0 unspecified atom stereocenters. The van der Waals surface area contributed by atoms with Gasteiger partial charge in [-0.2, -0.15) is 0 Å². The molecule has 1 aromatic carbocycles. The van der Waals surface area contributed by atoms with Gasteiger partial charge < -0.3 is 0 Å². The highest BCUT2D eigenvalue weighted by molar-refractivity contribution is 5.75. The van der Waals surface area contributed by atoms with Gasteiger partial charge in [0.15, 0.2) is 0 Å². The van der Waals surface area contributed by atoms with Gasteiger partial charge in [-0.15, -0.1) is 0 Å². The molecule has 0 aliphatic carbocycles. The molecule has 0 N–H and O–H groups in total. The number of aromatic nitrogens is 1. The van der Waals surface area contributed by atoms with Crippen molar-refractivity contribution in [1.29, 1.82) is 0 Å². The summed E-state index contributed by atoms with van der Waals surface area (Å²) in [5.41, 5.74) is 5.37. The maximum absolute atomic E-state index is 10.8. The average molecular weight is 239 g/mol. The highest BCUT2D eigenvalue weighted by Crippen LogP contribution is 2.14. The van der Waals surface area contributed by atoms with E-state index in [-0.39, 0.29) is 0 Å². The van der Waals surface area contributed by atoms with Crippen molar-refractivity contribution in [2.24, 2.45) is 0 Å². The van der Waals surface area contributed by atoms with Crippen LogP contribution in [0.25, 0.3) is 0 Å². The molecule has 1 heterocycles. The van der Waals surface area contributed by atoms with Crippen molar-refractivity contribution in [3.05, 3.63) is 64.5 Å². The normalized spacial score (nSPS) is 10.3. The summed E-state index contributed by atoms with van der Waals surface area (Å²) in [6.07, 6.45) is 4.59. The van der Waals surface area contributed by atoms with Gasteiger partial charge in [0, 0.05) is 23.9 Å². The second kappa shape index (κ2) is 5.58. The van der Waals surface area contributed by atoms with Crippen molar-refractivity contribution in [3.63, 3.8) is 0 Å². The van der Waals surface area contributed by atoms with Crippen molar-refractivity contribution in [2.45, 2.75) is 26.7 Å². The molecular weight excluding hydrogens is 222 g/mol. The molecule has 0 radical (unpaired) electrons. The van der Waals surface area contributed by atoms with Crippen LogP contribution in [-0.2, 0) is 12.8 Å². The summed E-state index contributed by atoms with van der Waals surface area (Å²) in [6, 6.07) is 9.95. The Morgan fingerprint density at radius 2 is 2.06 bits per heavy atom. The Morgan fingerprint density at radius 1 is 1.22 bits per heavy atom. The first-order valence-electron chi connectivity index (χ1n) is 6.21. The molecule has 0 spiro atoms. The molecule has 2 heteroatoms. The van der Waals surface area contributed by atoms with E-state index in [1.807, 2.05) is 24.4 Å². The van der Waals surface area contributed by atoms with Gasteiger partial charge in [-0.1, -0.05) is 25.1 Å². The predicted molar refractivity (Wildman–Crippen MR) is 73.0 cm³/mol. The highest BCUT2D eigenvalue weighted by atomic mass is 16.1. The van der Waals surface area contributed by atoms with Crippen LogP contribution in [-0.4, -0.2) is 11.3 Å². The number of hydrogen-bond donors (Lipinski definition) is 0. The summed E-state index contributed by atoms with van der Waals surface area (Å²) in [4.78, 5) is 15.2. The molecule has 18 heavy (non-hydrogen) atoms. The maximum atomic E-state index is 10.8. The van der Waals surface area contributed by atoms with Crippen LogP contribution in [0.3, 0.4) is 0 Å². The molecule has 2 rings (SSSR count). The van der Waals surface area contributed by atoms with Gasteiger partial charge in [-0.3, -0.25) is 9.78 Å². The summed E-state index contributed by atoms with van der Waals surface area (Å²) in [5.74, 6) is 0. The van der Waals surface area contributed by atoms with Crippen molar-refractivity contribution in [2.75, 3.05) is 0 Å². The zero-order valence-electron chi connectivity index (χ0n) is 10.8. The van der Waals surface area contributed by atoms with Gasteiger partial charge in [-0.25, -0.2) is 0 Å². The van der Waals surface area contributed by atoms with E-state index in [1.165, 1.54) is 11.1 Å². The molecule has 2 aromatic rings. The van der Waals surface area contributed by atoms with Crippen molar-refractivity contribution >= 4 is 6.29 Å². The van der Waals surface area contributed by atoms with Crippen LogP contribution in [0.15, 0.2) is 36.5 Å². The Kier molecular flexibility index (Phi) is 3.88. The Labute approximate surface area is 108 Å². The standard InChI is InChI=1S/C16H17NO/c1-3-13-6-7-16(17-10-13)9-15-8-14(11-18)5-4-12(15)2/h4-8,10-11H,3,9H2,1-2H3. The van der Waals surface area contributed by atoms with E-state index < -0.39 is 0 Å². The Morgan fingerprint density at radius 3 is 2.67 bits per heavy atom. The minimum Gasteiger partial charge on any atom is -0.298 e. The number of benzene rings is 1. The number of hydrogen-bond acceptors (Lipinski definition) is 2. The van der Waals surface area contributed by atoms with Gasteiger partial charge in [0.05, 0.1) is 0 Å². The topological polar surface area (TPSA) is 30.0 Å². The first-order chi connectivity index (χ1) is 8.72. The fourth-order valence-corrected chi connectivity index (χ4v) is 1.92. The smallest absolute Gasteiger partial charge is 0.150 e. The van der Waals surface area contributed by atoms with Crippen LogP contribution < -0.4 is 0 Å². The van der Waals surface area contributed by atoms with Crippen LogP contribution >= 0.6 is 0 Å². The van der Waals surface area contributed by atoms with E-state index in [4.69, 9.17) is 0 Å². The van der Waals surface area contributed by atoms with E-state index in [9.17, 15) is 4.79 Å².